The Morgan fingerprint density at radius 3 is 2.23 bits per heavy atom. The second kappa shape index (κ2) is 7.60. The van der Waals surface area contributed by atoms with Crippen molar-refractivity contribution in [2.75, 3.05) is 0 Å². The SMILES string of the molecule is CC(OC(=O)c1cccc(C#N)c1)C(=O)N(C(C)C)C(C)C. The fourth-order valence-corrected chi connectivity index (χ4v) is 2.31. The quantitative estimate of drug-likeness (QED) is 0.784. The number of amides is 1. The molecule has 118 valence electrons. The summed E-state index contributed by atoms with van der Waals surface area (Å²) in [6.07, 6.45) is -0.872. The molecule has 22 heavy (non-hydrogen) atoms. The van der Waals surface area contributed by atoms with Crippen LogP contribution in [0.5, 0.6) is 0 Å². The van der Waals surface area contributed by atoms with Crippen molar-refractivity contribution < 1.29 is 14.3 Å². The molecule has 0 bridgehead atoms. The second-order valence-corrected chi connectivity index (χ2v) is 5.67. The van der Waals surface area contributed by atoms with Crippen molar-refractivity contribution in [3.63, 3.8) is 0 Å². The van der Waals surface area contributed by atoms with E-state index in [1.54, 1.807) is 30.0 Å². The van der Waals surface area contributed by atoms with Crippen LogP contribution in [0.2, 0.25) is 0 Å². The van der Waals surface area contributed by atoms with Gasteiger partial charge in [-0.25, -0.2) is 4.79 Å². The van der Waals surface area contributed by atoms with E-state index >= 15 is 0 Å². The highest BCUT2D eigenvalue weighted by atomic mass is 16.5. The zero-order valence-corrected chi connectivity index (χ0v) is 13.7. The smallest absolute Gasteiger partial charge is 0.338 e. The molecule has 0 radical (unpaired) electrons. The van der Waals surface area contributed by atoms with Crippen molar-refractivity contribution in [2.45, 2.75) is 52.8 Å². The summed E-state index contributed by atoms with van der Waals surface area (Å²) in [5.41, 5.74) is 0.638. The highest BCUT2D eigenvalue weighted by molar-refractivity contribution is 5.92. The Kier molecular flexibility index (Phi) is 6.11. The van der Waals surface area contributed by atoms with Crippen LogP contribution < -0.4 is 0 Å². The summed E-state index contributed by atoms with van der Waals surface area (Å²) in [5.74, 6) is -0.833. The molecule has 0 aliphatic carbocycles. The predicted molar refractivity (Wildman–Crippen MR) is 83.2 cm³/mol. The van der Waals surface area contributed by atoms with Crippen molar-refractivity contribution in [2.24, 2.45) is 0 Å². The maximum absolute atomic E-state index is 12.4. The van der Waals surface area contributed by atoms with Crippen LogP contribution in [-0.2, 0) is 9.53 Å². The molecule has 1 aromatic carbocycles. The lowest BCUT2D eigenvalue weighted by molar-refractivity contribution is -0.143. The maximum Gasteiger partial charge on any atom is 0.338 e. The lowest BCUT2D eigenvalue weighted by Gasteiger charge is -2.32. The molecular weight excluding hydrogens is 280 g/mol. The normalized spacial score (nSPS) is 11.9. The summed E-state index contributed by atoms with van der Waals surface area (Å²) < 4.78 is 5.24. The van der Waals surface area contributed by atoms with E-state index < -0.39 is 12.1 Å². The van der Waals surface area contributed by atoms with Gasteiger partial charge in [-0.2, -0.15) is 5.26 Å². The van der Waals surface area contributed by atoms with E-state index in [2.05, 4.69) is 0 Å². The molecule has 0 aliphatic heterocycles. The molecule has 0 spiro atoms. The van der Waals surface area contributed by atoms with E-state index in [0.717, 1.165) is 0 Å². The first-order chi connectivity index (χ1) is 10.3. The number of rotatable bonds is 5. The first-order valence-corrected chi connectivity index (χ1v) is 7.31. The molecule has 0 saturated carbocycles. The second-order valence-electron chi connectivity index (χ2n) is 5.67. The summed E-state index contributed by atoms with van der Waals surface area (Å²) in [4.78, 5) is 26.2. The fourth-order valence-electron chi connectivity index (χ4n) is 2.31. The van der Waals surface area contributed by atoms with Crippen molar-refractivity contribution in [3.8, 4) is 6.07 Å². The summed E-state index contributed by atoms with van der Waals surface area (Å²) in [5, 5.41) is 8.85. The van der Waals surface area contributed by atoms with Crippen molar-refractivity contribution >= 4 is 11.9 Å². The molecule has 0 saturated heterocycles. The third-order valence-electron chi connectivity index (χ3n) is 3.23. The number of esters is 1. The molecule has 0 fully saturated rings. The van der Waals surface area contributed by atoms with Gasteiger partial charge in [-0.15, -0.1) is 0 Å². The third kappa shape index (κ3) is 4.32. The van der Waals surface area contributed by atoms with Crippen LogP contribution in [0.15, 0.2) is 24.3 Å². The number of benzene rings is 1. The number of carbonyl (C=O) groups is 2. The minimum Gasteiger partial charge on any atom is -0.449 e. The Morgan fingerprint density at radius 2 is 1.73 bits per heavy atom. The van der Waals surface area contributed by atoms with Crippen LogP contribution in [-0.4, -0.2) is 35.0 Å². The van der Waals surface area contributed by atoms with Gasteiger partial charge >= 0.3 is 5.97 Å². The fraction of sp³-hybridized carbons (Fsp3) is 0.471. The minimum absolute atomic E-state index is 0.0237. The average Bonchev–Trinajstić information content (AvgIpc) is 2.46. The number of hydrogen-bond acceptors (Lipinski definition) is 4. The molecule has 1 aromatic rings. The molecule has 5 heteroatoms. The van der Waals surface area contributed by atoms with Crippen molar-refractivity contribution in [1.29, 1.82) is 5.26 Å². The van der Waals surface area contributed by atoms with E-state index in [1.807, 2.05) is 33.8 Å². The number of carbonyl (C=O) groups excluding carboxylic acids is 2. The van der Waals surface area contributed by atoms with Gasteiger partial charge in [0.05, 0.1) is 17.2 Å². The van der Waals surface area contributed by atoms with E-state index in [4.69, 9.17) is 10.00 Å². The Bertz CT molecular complexity index is 580. The Balaban J connectivity index is 2.83. The van der Waals surface area contributed by atoms with Gasteiger partial charge < -0.3 is 9.64 Å². The highest BCUT2D eigenvalue weighted by Gasteiger charge is 2.27. The number of nitriles is 1. The van der Waals surface area contributed by atoms with Gasteiger partial charge in [0.2, 0.25) is 0 Å². The highest BCUT2D eigenvalue weighted by Crippen LogP contribution is 2.12. The average molecular weight is 302 g/mol. The van der Waals surface area contributed by atoms with Crippen LogP contribution in [0.1, 0.15) is 50.5 Å². The molecule has 1 amide bonds. The Labute approximate surface area is 131 Å². The maximum atomic E-state index is 12.4. The Hall–Kier alpha value is -2.35. The van der Waals surface area contributed by atoms with Gasteiger partial charge in [-0.1, -0.05) is 6.07 Å². The Morgan fingerprint density at radius 1 is 1.14 bits per heavy atom. The van der Waals surface area contributed by atoms with E-state index in [-0.39, 0.29) is 23.6 Å². The number of ether oxygens (including phenoxy) is 1. The summed E-state index contributed by atoms with van der Waals surface area (Å²) >= 11 is 0. The predicted octanol–water partition coefficient (Wildman–Crippen LogP) is 2.75. The van der Waals surface area contributed by atoms with Crippen molar-refractivity contribution in [1.82, 2.24) is 4.90 Å². The van der Waals surface area contributed by atoms with Gasteiger partial charge in [0, 0.05) is 12.1 Å². The summed E-state index contributed by atoms with van der Waals surface area (Å²) in [6.45, 7) is 9.24. The molecule has 5 nitrogen and oxygen atoms in total. The molecule has 0 heterocycles. The van der Waals surface area contributed by atoms with Gasteiger partial charge in [-0.3, -0.25) is 4.79 Å². The van der Waals surface area contributed by atoms with E-state index in [9.17, 15) is 9.59 Å². The molecule has 0 aliphatic rings. The molecule has 0 N–H and O–H groups in total. The lowest BCUT2D eigenvalue weighted by Crippen LogP contribution is -2.47. The molecule has 1 atom stereocenters. The van der Waals surface area contributed by atoms with Gasteiger partial charge in [0.1, 0.15) is 0 Å². The van der Waals surface area contributed by atoms with Gasteiger partial charge in [0.25, 0.3) is 5.91 Å². The summed E-state index contributed by atoms with van der Waals surface area (Å²) in [7, 11) is 0. The van der Waals surface area contributed by atoms with Gasteiger partial charge in [0.15, 0.2) is 6.10 Å². The summed E-state index contributed by atoms with van der Waals surface area (Å²) in [6, 6.07) is 8.23. The van der Waals surface area contributed by atoms with E-state index in [0.29, 0.717) is 5.56 Å². The minimum atomic E-state index is -0.872. The zero-order valence-electron chi connectivity index (χ0n) is 13.7. The standard InChI is InChI=1S/C17H22N2O3/c1-11(2)19(12(3)4)16(20)13(5)22-17(21)15-8-6-7-14(9-15)10-18/h6-9,11-13H,1-5H3. The lowest BCUT2D eigenvalue weighted by atomic mass is 10.1. The molecular formula is C17H22N2O3. The van der Waals surface area contributed by atoms with Crippen LogP contribution >= 0.6 is 0 Å². The van der Waals surface area contributed by atoms with E-state index in [1.165, 1.54) is 6.07 Å². The van der Waals surface area contributed by atoms with Crippen LogP contribution in [0.3, 0.4) is 0 Å². The van der Waals surface area contributed by atoms with Crippen LogP contribution in [0.4, 0.5) is 0 Å². The molecule has 1 rings (SSSR count). The molecule has 0 aromatic heterocycles. The largest absolute Gasteiger partial charge is 0.449 e. The first kappa shape index (κ1) is 17.7. The topological polar surface area (TPSA) is 70.4 Å². The van der Waals surface area contributed by atoms with Gasteiger partial charge in [-0.05, 0) is 52.8 Å². The first-order valence-electron chi connectivity index (χ1n) is 7.31. The number of nitrogens with zero attached hydrogens (tertiary/aromatic N) is 2. The van der Waals surface area contributed by atoms with Crippen molar-refractivity contribution in [3.05, 3.63) is 35.4 Å². The monoisotopic (exact) mass is 302 g/mol. The third-order valence-corrected chi connectivity index (χ3v) is 3.23. The number of hydrogen-bond donors (Lipinski definition) is 0. The zero-order chi connectivity index (χ0) is 16.9. The molecule has 1 unspecified atom stereocenters. The van der Waals surface area contributed by atoms with Crippen LogP contribution in [0, 0.1) is 11.3 Å². The van der Waals surface area contributed by atoms with Crippen LogP contribution in [0.25, 0.3) is 0 Å².